The van der Waals surface area contributed by atoms with Crippen molar-refractivity contribution in [3.63, 3.8) is 0 Å². The molecule has 1 unspecified atom stereocenters. The average molecular weight is 314 g/mol. The van der Waals surface area contributed by atoms with E-state index >= 15 is 0 Å². The van der Waals surface area contributed by atoms with Crippen LogP contribution in [0.3, 0.4) is 0 Å². The first-order chi connectivity index (χ1) is 8.49. The summed E-state index contributed by atoms with van der Waals surface area (Å²) in [6.07, 6.45) is 1.24. The van der Waals surface area contributed by atoms with Gasteiger partial charge >= 0.3 is 0 Å². The molecule has 4 heteroatoms. The first-order valence-corrected chi connectivity index (χ1v) is 7.08. The Kier molecular flexibility index (Phi) is 6.19. The lowest BCUT2D eigenvalue weighted by molar-refractivity contribution is -0.120. The first kappa shape index (κ1) is 15.0. The maximum absolute atomic E-state index is 11.7. The van der Waals surface area contributed by atoms with Crippen molar-refractivity contribution in [3.8, 4) is 5.75 Å². The molecular weight excluding hydrogens is 294 g/mol. The quantitative estimate of drug-likeness (QED) is 0.793. The lowest BCUT2D eigenvalue weighted by Crippen LogP contribution is -2.31. The van der Waals surface area contributed by atoms with E-state index in [0.717, 1.165) is 6.42 Å². The van der Waals surface area contributed by atoms with E-state index in [1.165, 1.54) is 0 Å². The predicted molar refractivity (Wildman–Crippen MR) is 77.0 cm³/mol. The first-order valence-electron chi connectivity index (χ1n) is 6.16. The van der Waals surface area contributed by atoms with Gasteiger partial charge in [-0.25, -0.2) is 0 Å². The highest BCUT2D eigenvalue weighted by Gasteiger charge is 2.10. The van der Waals surface area contributed by atoms with Crippen molar-refractivity contribution in [1.29, 1.82) is 0 Å². The number of carbonyl (C=O) groups excluding carboxylic acids is 1. The predicted octanol–water partition coefficient (Wildman–Crippen LogP) is 2.86. The van der Waals surface area contributed by atoms with Crippen molar-refractivity contribution >= 4 is 21.8 Å². The maximum atomic E-state index is 11.7. The fourth-order valence-corrected chi connectivity index (χ4v) is 2.62. The fourth-order valence-electron chi connectivity index (χ4n) is 1.72. The molecule has 0 heterocycles. The number of hydrogen-bond donors (Lipinski definition) is 2. The Hall–Kier alpha value is -1.03. The topological polar surface area (TPSA) is 49.3 Å². The molecule has 0 radical (unpaired) electrons. The standard InChI is InChI=1S/C14H20BrNO2/c1-10(2)7-12(15)9-16-14(18)8-11-5-3-4-6-13(11)17/h3-6,10,12,17H,7-9H2,1-2H3,(H,16,18). The number of amides is 1. The molecule has 1 atom stereocenters. The summed E-state index contributed by atoms with van der Waals surface area (Å²) in [7, 11) is 0. The van der Waals surface area contributed by atoms with E-state index in [1.807, 2.05) is 6.07 Å². The second-order valence-electron chi connectivity index (χ2n) is 4.84. The summed E-state index contributed by atoms with van der Waals surface area (Å²) in [4.78, 5) is 12.0. The maximum Gasteiger partial charge on any atom is 0.224 e. The van der Waals surface area contributed by atoms with Gasteiger partial charge in [-0.05, 0) is 18.4 Å². The van der Waals surface area contributed by atoms with E-state index in [2.05, 4.69) is 35.1 Å². The van der Waals surface area contributed by atoms with Gasteiger partial charge in [0.15, 0.2) is 0 Å². The Morgan fingerprint density at radius 1 is 1.39 bits per heavy atom. The van der Waals surface area contributed by atoms with Crippen molar-refractivity contribution < 1.29 is 9.90 Å². The van der Waals surface area contributed by atoms with Crippen molar-refractivity contribution in [3.05, 3.63) is 29.8 Å². The van der Waals surface area contributed by atoms with Crippen LogP contribution >= 0.6 is 15.9 Å². The summed E-state index contributed by atoms with van der Waals surface area (Å²) in [6.45, 7) is 4.92. The number of benzene rings is 1. The third kappa shape index (κ3) is 5.54. The number of nitrogens with one attached hydrogen (secondary N) is 1. The number of phenolic OH excluding ortho intramolecular Hbond substituents is 1. The summed E-state index contributed by atoms with van der Waals surface area (Å²) in [6, 6.07) is 6.91. The zero-order valence-electron chi connectivity index (χ0n) is 10.8. The zero-order chi connectivity index (χ0) is 13.5. The van der Waals surface area contributed by atoms with Crippen LogP contribution < -0.4 is 5.32 Å². The van der Waals surface area contributed by atoms with Gasteiger partial charge in [0, 0.05) is 16.9 Å². The number of rotatable bonds is 6. The number of halogens is 1. The number of hydrogen-bond acceptors (Lipinski definition) is 2. The summed E-state index contributed by atoms with van der Waals surface area (Å²) >= 11 is 3.54. The minimum absolute atomic E-state index is 0.0651. The van der Waals surface area contributed by atoms with Crippen LogP contribution in [-0.2, 0) is 11.2 Å². The third-order valence-corrected chi connectivity index (χ3v) is 3.29. The second kappa shape index (κ2) is 7.41. The van der Waals surface area contributed by atoms with Crippen molar-refractivity contribution in [2.45, 2.75) is 31.5 Å². The minimum Gasteiger partial charge on any atom is -0.508 e. The summed E-state index contributed by atoms with van der Waals surface area (Å²) in [5, 5.41) is 12.4. The van der Waals surface area contributed by atoms with Gasteiger partial charge in [-0.15, -0.1) is 0 Å². The monoisotopic (exact) mass is 313 g/mol. The van der Waals surface area contributed by atoms with E-state index in [4.69, 9.17) is 0 Å². The Labute approximate surface area is 117 Å². The molecule has 3 nitrogen and oxygen atoms in total. The molecule has 0 aliphatic carbocycles. The molecule has 0 bridgehead atoms. The highest BCUT2D eigenvalue weighted by Crippen LogP contribution is 2.16. The van der Waals surface area contributed by atoms with Crippen LogP contribution in [0.5, 0.6) is 5.75 Å². The van der Waals surface area contributed by atoms with E-state index < -0.39 is 0 Å². The number of phenols is 1. The van der Waals surface area contributed by atoms with Gasteiger partial charge < -0.3 is 10.4 Å². The van der Waals surface area contributed by atoms with Crippen LogP contribution in [0.4, 0.5) is 0 Å². The number of carbonyl (C=O) groups is 1. The number of para-hydroxylation sites is 1. The van der Waals surface area contributed by atoms with Gasteiger partial charge in [-0.3, -0.25) is 4.79 Å². The fraction of sp³-hybridized carbons (Fsp3) is 0.500. The smallest absolute Gasteiger partial charge is 0.224 e. The van der Waals surface area contributed by atoms with E-state index in [1.54, 1.807) is 18.2 Å². The van der Waals surface area contributed by atoms with Crippen LogP contribution in [0.25, 0.3) is 0 Å². The van der Waals surface area contributed by atoms with Crippen molar-refractivity contribution in [2.75, 3.05) is 6.54 Å². The zero-order valence-corrected chi connectivity index (χ0v) is 12.4. The van der Waals surface area contributed by atoms with Crippen LogP contribution in [0.2, 0.25) is 0 Å². The van der Waals surface area contributed by atoms with Gasteiger partial charge in [0.05, 0.1) is 6.42 Å². The van der Waals surface area contributed by atoms with Crippen LogP contribution in [0.15, 0.2) is 24.3 Å². The lowest BCUT2D eigenvalue weighted by Gasteiger charge is -2.13. The number of alkyl halides is 1. The Bertz CT molecular complexity index is 393. The molecule has 0 spiro atoms. The molecule has 100 valence electrons. The molecule has 1 aromatic rings. The molecule has 1 amide bonds. The second-order valence-corrected chi connectivity index (χ2v) is 6.13. The van der Waals surface area contributed by atoms with Gasteiger partial charge in [0.1, 0.15) is 5.75 Å². The number of aromatic hydroxyl groups is 1. The third-order valence-electron chi connectivity index (χ3n) is 2.59. The summed E-state index contributed by atoms with van der Waals surface area (Å²) in [5.41, 5.74) is 0.657. The molecule has 0 aliphatic rings. The van der Waals surface area contributed by atoms with Gasteiger partial charge in [-0.1, -0.05) is 48.0 Å². The van der Waals surface area contributed by atoms with Crippen molar-refractivity contribution in [2.24, 2.45) is 5.92 Å². The molecule has 0 fully saturated rings. The molecule has 0 aliphatic heterocycles. The minimum atomic E-state index is -0.0651. The van der Waals surface area contributed by atoms with Gasteiger partial charge in [-0.2, -0.15) is 0 Å². The van der Waals surface area contributed by atoms with E-state index in [-0.39, 0.29) is 18.1 Å². The highest BCUT2D eigenvalue weighted by atomic mass is 79.9. The summed E-state index contributed by atoms with van der Waals surface area (Å²) < 4.78 is 0. The molecule has 1 rings (SSSR count). The molecule has 1 aromatic carbocycles. The van der Waals surface area contributed by atoms with E-state index in [9.17, 15) is 9.90 Å². The largest absolute Gasteiger partial charge is 0.508 e. The van der Waals surface area contributed by atoms with E-state index in [0.29, 0.717) is 22.9 Å². The SMILES string of the molecule is CC(C)CC(Br)CNC(=O)Cc1ccccc1O. The van der Waals surface area contributed by atoms with Crippen molar-refractivity contribution in [1.82, 2.24) is 5.32 Å². The average Bonchev–Trinajstić information content (AvgIpc) is 2.29. The Morgan fingerprint density at radius 2 is 2.06 bits per heavy atom. The Balaban J connectivity index is 2.36. The molecule has 0 saturated carbocycles. The highest BCUT2D eigenvalue weighted by molar-refractivity contribution is 9.09. The van der Waals surface area contributed by atoms with Crippen LogP contribution in [0.1, 0.15) is 25.8 Å². The summed E-state index contributed by atoms with van der Waals surface area (Å²) in [5.74, 6) is 0.708. The molecule has 2 N–H and O–H groups in total. The molecule has 0 aromatic heterocycles. The van der Waals surface area contributed by atoms with Gasteiger partial charge in [0.25, 0.3) is 0 Å². The molecule has 18 heavy (non-hydrogen) atoms. The molecular formula is C14H20BrNO2. The molecule has 0 saturated heterocycles. The Morgan fingerprint density at radius 3 is 2.67 bits per heavy atom. The van der Waals surface area contributed by atoms with Crippen LogP contribution in [0, 0.1) is 5.92 Å². The van der Waals surface area contributed by atoms with Crippen LogP contribution in [-0.4, -0.2) is 22.4 Å². The lowest BCUT2D eigenvalue weighted by atomic mass is 10.1. The normalized spacial score (nSPS) is 12.4. The van der Waals surface area contributed by atoms with Gasteiger partial charge in [0.2, 0.25) is 5.91 Å².